The summed E-state index contributed by atoms with van der Waals surface area (Å²) in [6.07, 6.45) is 65.1. The van der Waals surface area contributed by atoms with Crippen LogP contribution < -0.4 is 0 Å². The number of ether oxygens (including phenoxy) is 3. The highest BCUT2D eigenvalue weighted by molar-refractivity contribution is 5.72. The molecule has 0 spiro atoms. The lowest BCUT2D eigenvalue weighted by atomic mass is 10.1. The average molecular weight is 829 g/mol. The zero-order valence-electron chi connectivity index (χ0n) is 38.2. The zero-order valence-corrected chi connectivity index (χ0v) is 38.2. The van der Waals surface area contributed by atoms with E-state index < -0.39 is 12.1 Å². The third-order valence-electron chi connectivity index (χ3n) is 9.24. The molecule has 1 unspecified atom stereocenters. The molecule has 1 atom stereocenters. The van der Waals surface area contributed by atoms with Gasteiger partial charge in [0.1, 0.15) is 13.2 Å². The van der Waals surface area contributed by atoms with E-state index in [2.05, 4.69) is 130 Å². The molecule has 60 heavy (non-hydrogen) atoms. The Bertz CT molecular complexity index is 1320. The SMILES string of the molecule is CC/C=C\C/C=C\C/C=C\C/C=C\C/C=C\CCCCCCCC(=O)OCC(COC(=O)CCCCCCCC)OC(=O)C/C=C\C/C=C\C/C=C\C/C=C\C/C=C\CC. The first-order valence-electron chi connectivity index (χ1n) is 23.5. The summed E-state index contributed by atoms with van der Waals surface area (Å²) in [6.45, 7) is 6.21. The minimum atomic E-state index is -0.839. The fraction of sp³-hybridized carbons (Fsp3) is 0.574. The zero-order chi connectivity index (χ0) is 43.7. The molecule has 336 valence electrons. The summed E-state index contributed by atoms with van der Waals surface area (Å²) in [4.78, 5) is 37.6. The number of unbranched alkanes of at least 4 members (excludes halogenated alkanes) is 10. The average Bonchev–Trinajstić information content (AvgIpc) is 3.24. The van der Waals surface area contributed by atoms with E-state index in [-0.39, 0.29) is 31.6 Å². The maximum absolute atomic E-state index is 12.6. The maximum Gasteiger partial charge on any atom is 0.310 e. The summed E-state index contributed by atoms with van der Waals surface area (Å²) in [5.74, 6) is -1.10. The largest absolute Gasteiger partial charge is 0.462 e. The van der Waals surface area contributed by atoms with Crippen LogP contribution in [0.1, 0.15) is 181 Å². The first-order valence-corrected chi connectivity index (χ1v) is 23.5. The molecule has 6 nitrogen and oxygen atoms in total. The van der Waals surface area contributed by atoms with E-state index in [4.69, 9.17) is 14.2 Å². The Kier molecular flexibility index (Phi) is 44.2. The summed E-state index contributed by atoms with van der Waals surface area (Å²) < 4.78 is 16.5. The van der Waals surface area contributed by atoms with Gasteiger partial charge in [0, 0.05) is 12.8 Å². The molecule has 0 radical (unpaired) electrons. The third-order valence-corrected chi connectivity index (χ3v) is 9.24. The van der Waals surface area contributed by atoms with Gasteiger partial charge in [-0.2, -0.15) is 0 Å². The van der Waals surface area contributed by atoms with E-state index >= 15 is 0 Å². The predicted octanol–water partition coefficient (Wildman–Crippen LogP) is 15.4. The van der Waals surface area contributed by atoms with Crippen molar-refractivity contribution in [2.45, 2.75) is 187 Å². The molecular formula is C54H84O6. The fourth-order valence-corrected chi connectivity index (χ4v) is 5.78. The lowest BCUT2D eigenvalue weighted by molar-refractivity contribution is -0.166. The summed E-state index contributed by atoms with van der Waals surface area (Å²) in [5, 5.41) is 0. The van der Waals surface area contributed by atoms with Crippen molar-refractivity contribution in [1.82, 2.24) is 0 Å². The van der Waals surface area contributed by atoms with Gasteiger partial charge in [0.2, 0.25) is 0 Å². The molecule has 0 N–H and O–H groups in total. The van der Waals surface area contributed by atoms with Crippen molar-refractivity contribution in [2.75, 3.05) is 13.2 Å². The van der Waals surface area contributed by atoms with Crippen LogP contribution in [0.4, 0.5) is 0 Å². The molecule has 0 saturated carbocycles. The van der Waals surface area contributed by atoms with Crippen molar-refractivity contribution in [1.29, 1.82) is 0 Å². The van der Waals surface area contributed by atoms with Gasteiger partial charge in [0.25, 0.3) is 0 Å². The van der Waals surface area contributed by atoms with Gasteiger partial charge in [0.05, 0.1) is 6.42 Å². The Hall–Kier alpha value is -4.19. The van der Waals surface area contributed by atoms with E-state index in [9.17, 15) is 14.4 Å². The minimum absolute atomic E-state index is 0.0881. The van der Waals surface area contributed by atoms with E-state index in [1.807, 2.05) is 6.08 Å². The number of hydrogen-bond acceptors (Lipinski definition) is 6. The smallest absolute Gasteiger partial charge is 0.310 e. The molecule has 0 heterocycles. The van der Waals surface area contributed by atoms with Crippen LogP contribution in [-0.4, -0.2) is 37.2 Å². The van der Waals surface area contributed by atoms with E-state index in [0.717, 1.165) is 116 Å². The van der Waals surface area contributed by atoms with Crippen LogP contribution in [0.15, 0.2) is 122 Å². The molecule has 0 aliphatic heterocycles. The van der Waals surface area contributed by atoms with Crippen LogP contribution in [0.25, 0.3) is 0 Å². The lowest BCUT2D eigenvalue weighted by Crippen LogP contribution is -2.30. The molecule has 0 fully saturated rings. The highest BCUT2D eigenvalue weighted by Crippen LogP contribution is 2.11. The lowest BCUT2D eigenvalue weighted by Gasteiger charge is -2.18. The molecule has 0 aromatic carbocycles. The highest BCUT2D eigenvalue weighted by Gasteiger charge is 2.19. The number of allylic oxidation sites excluding steroid dienone is 19. The number of carbonyl (C=O) groups excluding carboxylic acids is 3. The summed E-state index contributed by atoms with van der Waals surface area (Å²) in [6, 6.07) is 0. The second-order valence-electron chi connectivity index (χ2n) is 14.9. The molecule has 0 rings (SSSR count). The molecular weight excluding hydrogens is 745 g/mol. The van der Waals surface area contributed by atoms with Crippen molar-refractivity contribution >= 4 is 17.9 Å². The number of rotatable bonds is 40. The molecule has 6 heteroatoms. The molecule has 0 amide bonds. The number of hydrogen-bond donors (Lipinski definition) is 0. The third kappa shape index (κ3) is 44.9. The first-order chi connectivity index (χ1) is 29.5. The van der Waals surface area contributed by atoms with Gasteiger partial charge in [-0.25, -0.2) is 0 Å². The number of esters is 3. The Balaban J connectivity index is 4.41. The van der Waals surface area contributed by atoms with Crippen molar-refractivity contribution in [3.05, 3.63) is 122 Å². The van der Waals surface area contributed by atoms with Gasteiger partial charge in [-0.15, -0.1) is 0 Å². The van der Waals surface area contributed by atoms with Crippen LogP contribution in [0.3, 0.4) is 0 Å². The monoisotopic (exact) mass is 829 g/mol. The van der Waals surface area contributed by atoms with Crippen molar-refractivity contribution < 1.29 is 28.6 Å². The quantitative estimate of drug-likeness (QED) is 0.0265. The van der Waals surface area contributed by atoms with Gasteiger partial charge < -0.3 is 14.2 Å². The molecule has 0 saturated heterocycles. The maximum atomic E-state index is 12.6. The van der Waals surface area contributed by atoms with Gasteiger partial charge in [0.15, 0.2) is 6.10 Å². The molecule has 0 aromatic heterocycles. The second-order valence-corrected chi connectivity index (χ2v) is 14.9. The van der Waals surface area contributed by atoms with Crippen molar-refractivity contribution in [3.8, 4) is 0 Å². The van der Waals surface area contributed by atoms with Gasteiger partial charge in [-0.1, -0.05) is 194 Å². The second kappa shape index (κ2) is 47.5. The summed E-state index contributed by atoms with van der Waals surface area (Å²) in [7, 11) is 0. The van der Waals surface area contributed by atoms with E-state index in [0.29, 0.717) is 19.3 Å². The molecule has 0 aromatic rings. The van der Waals surface area contributed by atoms with Gasteiger partial charge in [-0.05, 0) is 89.9 Å². The van der Waals surface area contributed by atoms with Crippen LogP contribution in [0, 0.1) is 0 Å². The van der Waals surface area contributed by atoms with Crippen molar-refractivity contribution in [3.63, 3.8) is 0 Å². The Morgan fingerprint density at radius 2 is 0.700 bits per heavy atom. The fourth-order valence-electron chi connectivity index (χ4n) is 5.78. The topological polar surface area (TPSA) is 78.9 Å². The molecule has 0 bridgehead atoms. The summed E-state index contributed by atoms with van der Waals surface area (Å²) >= 11 is 0. The number of carbonyl (C=O) groups is 3. The van der Waals surface area contributed by atoms with Crippen LogP contribution in [-0.2, 0) is 28.6 Å². The summed E-state index contributed by atoms with van der Waals surface area (Å²) in [5.41, 5.74) is 0. The molecule has 0 aliphatic carbocycles. The van der Waals surface area contributed by atoms with Crippen LogP contribution in [0.5, 0.6) is 0 Å². The van der Waals surface area contributed by atoms with Gasteiger partial charge >= 0.3 is 17.9 Å². The van der Waals surface area contributed by atoms with E-state index in [1.165, 1.54) is 19.3 Å². The van der Waals surface area contributed by atoms with Gasteiger partial charge in [-0.3, -0.25) is 14.4 Å². The Morgan fingerprint density at radius 1 is 0.367 bits per heavy atom. The Labute approximate surface area is 367 Å². The molecule has 0 aliphatic rings. The standard InChI is InChI=1S/C54H84O6/c1-4-7-10-13-16-18-20-22-24-25-26-27-28-29-31-32-34-36-38-41-44-47-53(56)59-50-51(49-58-52(55)46-43-40-15-12-9-6-3)60-54(57)48-45-42-39-37-35-33-30-23-21-19-17-14-11-8-5-2/h7-8,10-11,16-19,22-24,26-27,29-31,35,37,42,45,51H,4-6,9,12-15,20-21,25,28,32-34,36,38-41,43-44,46-50H2,1-3H3/b10-7-,11-8-,18-16-,19-17-,24-22-,27-26-,30-23-,31-29-,37-35-,45-42-. The highest BCUT2D eigenvalue weighted by atomic mass is 16.6. The van der Waals surface area contributed by atoms with E-state index in [1.54, 1.807) is 6.08 Å². The Morgan fingerprint density at radius 3 is 1.10 bits per heavy atom. The minimum Gasteiger partial charge on any atom is -0.462 e. The normalized spacial score (nSPS) is 13.2. The van der Waals surface area contributed by atoms with Crippen LogP contribution >= 0.6 is 0 Å². The first kappa shape index (κ1) is 55.8. The van der Waals surface area contributed by atoms with Crippen molar-refractivity contribution in [2.24, 2.45) is 0 Å². The van der Waals surface area contributed by atoms with Crippen LogP contribution in [0.2, 0.25) is 0 Å². The predicted molar refractivity (Wildman–Crippen MR) is 256 cm³/mol.